The number of urea groups is 1. The zero-order chi connectivity index (χ0) is 16.0. The van der Waals surface area contributed by atoms with E-state index < -0.39 is 43.1 Å². The molecule has 0 radical (unpaired) electrons. The summed E-state index contributed by atoms with van der Waals surface area (Å²) in [4.78, 5) is 23.6. The van der Waals surface area contributed by atoms with Gasteiger partial charge in [-0.3, -0.25) is 4.79 Å². The van der Waals surface area contributed by atoms with Gasteiger partial charge < -0.3 is 15.3 Å². The molecular weight excluding hydrogens is 289 g/mol. The SMILES string of the molecule is C=CCCCCNC(=O)N1C[C@@H](C(F)(F)F)[C@H](C(=O)O)C1. The Morgan fingerprint density at radius 2 is 2.00 bits per heavy atom. The van der Waals surface area contributed by atoms with Crippen molar-refractivity contribution in [1.82, 2.24) is 10.2 Å². The highest BCUT2D eigenvalue weighted by atomic mass is 19.4. The van der Waals surface area contributed by atoms with Crippen LogP contribution in [-0.4, -0.2) is 47.8 Å². The number of carboxylic acid groups (broad SMARTS) is 1. The van der Waals surface area contributed by atoms with Gasteiger partial charge in [0.1, 0.15) is 0 Å². The summed E-state index contributed by atoms with van der Waals surface area (Å²) in [5.41, 5.74) is 0. The van der Waals surface area contributed by atoms with E-state index in [1.54, 1.807) is 6.08 Å². The van der Waals surface area contributed by atoms with Gasteiger partial charge in [-0.1, -0.05) is 6.08 Å². The van der Waals surface area contributed by atoms with Crippen LogP contribution in [0.5, 0.6) is 0 Å². The van der Waals surface area contributed by atoms with E-state index >= 15 is 0 Å². The van der Waals surface area contributed by atoms with Crippen LogP contribution in [0.1, 0.15) is 19.3 Å². The fourth-order valence-corrected chi connectivity index (χ4v) is 2.27. The second-order valence-electron chi connectivity index (χ2n) is 5.01. The van der Waals surface area contributed by atoms with E-state index in [0.717, 1.165) is 17.7 Å². The molecule has 0 saturated carbocycles. The van der Waals surface area contributed by atoms with Gasteiger partial charge in [-0.15, -0.1) is 6.58 Å². The van der Waals surface area contributed by atoms with Crippen LogP contribution in [0, 0.1) is 11.8 Å². The Labute approximate surface area is 120 Å². The molecule has 1 heterocycles. The summed E-state index contributed by atoms with van der Waals surface area (Å²) in [5.74, 6) is -5.14. The van der Waals surface area contributed by atoms with Crippen molar-refractivity contribution in [2.45, 2.75) is 25.4 Å². The average Bonchev–Trinajstić information content (AvgIpc) is 2.83. The van der Waals surface area contributed by atoms with Gasteiger partial charge in [0.05, 0.1) is 11.8 Å². The Kier molecular flexibility index (Phi) is 6.04. The highest BCUT2D eigenvalue weighted by Gasteiger charge is 2.53. The molecule has 8 heteroatoms. The topological polar surface area (TPSA) is 69.6 Å². The Morgan fingerprint density at radius 1 is 1.33 bits per heavy atom. The highest BCUT2D eigenvalue weighted by molar-refractivity contribution is 5.77. The molecule has 0 bridgehead atoms. The molecule has 2 N–H and O–H groups in total. The van der Waals surface area contributed by atoms with Crippen molar-refractivity contribution in [2.75, 3.05) is 19.6 Å². The number of amides is 2. The number of carboxylic acids is 1. The summed E-state index contributed by atoms with van der Waals surface area (Å²) in [5, 5.41) is 11.4. The maximum atomic E-state index is 12.8. The molecule has 5 nitrogen and oxygen atoms in total. The average molecular weight is 308 g/mol. The number of carbonyl (C=O) groups excluding carboxylic acids is 1. The molecule has 21 heavy (non-hydrogen) atoms. The third-order valence-corrected chi connectivity index (χ3v) is 3.46. The van der Waals surface area contributed by atoms with Crippen LogP contribution in [0.3, 0.4) is 0 Å². The molecule has 0 spiro atoms. The van der Waals surface area contributed by atoms with E-state index in [0.29, 0.717) is 13.0 Å². The molecule has 0 aromatic rings. The number of aliphatic carboxylic acids is 1. The van der Waals surface area contributed by atoms with Crippen LogP contribution in [0.25, 0.3) is 0 Å². The van der Waals surface area contributed by atoms with Gasteiger partial charge in [0.15, 0.2) is 0 Å². The Bertz CT molecular complexity index is 399. The van der Waals surface area contributed by atoms with Gasteiger partial charge in [-0.05, 0) is 19.3 Å². The summed E-state index contributed by atoms with van der Waals surface area (Å²) in [6, 6.07) is -0.647. The van der Waals surface area contributed by atoms with Gasteiger partial charge in [-0.2, -0.15) is 13.2 Å². The van der Waals surface area contributed by atoms with Crippen molar-refractivity contribution in [3.8, 4) is 0 Å². The summed E-state index contributed by atoms with van der Waals surface area (Å²) >= 11 is 0. The predicted octanol–water partition coefficient (Wildman–Crippen LogP) is 2.25. The van der Waals surface area contributed by atoms with E-state index in [9.17, 15) is 22.8 Å². The zero-order valence-corrected chi connectivity index (χ0v) is 11.5. The van der Waals surface area contributed by atoms with Gasteiger partial charge in [-0.25, -0.2) is 4.79 Å². The van der Waals surface area contributed by atoms with Crippen LogP contribution >= 0.6 is 0 Å². The number of carbonyl (C=O) groups is 2. The lowest BCUT2D eigenvalue weighted by Gasteiger charge is -2.18. The molecule has 2 amide bonds. The van der Waals surface area contributed by atoms with Crippen LogP contribution in [0.15, 0.2) is 12.7 Å². The summed E-state index contributed by atoms with van der Waals surface area (Å²) < 4.78 is 38.3. The van der Waals surface area contributed by atoms with E-state index in [-0.39, 0.29) is 0 Å². The van der Waals surface area contributed by atoms with Gasteiger partial charge in [0, 0.05) is 19.6 Å². The van der Waals surface area contributed by atoms with Crippen LogP contribution in [-0.2, 0) is 4.79 Å². The second kappa shape index (κ2) is 7.33. The smallest absolute Gasteiger partial charge is 0.394 e. The first-order chi connectivity index (χ1) is 9.77. The number of halogens is 3. The van der Waals surface area contributed by atoms with Crippen LogP contribution in [0.2, 0.25) is 0 Å². The van der Waals surface area contributed by atoms with Crippen molar-refractivity contribution >= 4 is 12.0 Å². The molecule has 120 valence electrons. The number of alkyl halides is 3. The fourth-order valence-electron chi connectivity index (χ4n) is 2.27. The molecule has 1 aliphatic rings. The molecule has 1 fully saturated rings. The quantitative estimate of drug-likeness (QED) is 0.584. The largest absolute Gasteiger partial charge is 0.481 e. The van der Waals surface area contributed by atoms with E-state index in [1.807, 2.05) is 0 Å². The highest BCUT2D eigenvalue weighted by Crippen LogP contribution is 2.37. The lowest BCUT2D eigenvalue weighted by molar-refractivity contribution is -0.187. The molecule has 0 aromatic heterocycles. The number of unbranched alkanes of at least 4 members (excludes halogenated alkanes) is 2. The molecule has 1 saturated heterocycles. The standard InChI is InChI=1S/C13H19F3N2O3/c1-2-3-4-5-6-17-12(21)18-7-9(11(19)20)10(8-18)13(14,15)16/h2,9-10H,1,3-8H2,(H,17,21)(H,19,20)/t9-,10-/m1/s1. The number of hydrogen-bond donors (Lipinski definition) is 2. The first kappa shape index (κ1) is 17.3. The fraction of sp³-hybridized carbons (Fsp3) is 0.692. The molecule has 1 aliphatic heterocycles. The van der Waals surface area contributed by atoms with Crippen molar-refractivity contribution in [2.24, 2.45) is 11.8 Å². The number of hydrogen-bond acceptors (Lipinski definition) is 2. The van der Waals surface area contributed by atoms with Crippen LogP contribution < -0.4 is 5.32 Å². The number of nitrogens with zero attached hydrogens (tertiary/aromatic N) is 1. The molecular formula is C13H19F3N2O3. The van der Waals surface area contributed by atoms with Gasteiger partial charge in [0.2, 0.25) is 0 Å². The van der Waals surface area contributed by atoms with E-state index in [2.05, 4.69) is 11.9 Å². The molecule has 0 aliphatic carbocycles. The van der Waals surface area contributed by atoms with Gasteiger partial charge >= 0.3 is 18.2 Å². The molecule has 0 aromatic carbocycles. The number of nitrogens with one attached hydrogen (secondary N) is 1. The number of allylic oxidation sites excluding steroid dienone is 1. The normalized spacial score (nSPS) is 22.1. The summed E-state index contributed by atoms with van der Waals surface area (Å²) in [7, 11) is 0. The third-order valence-electron chi connectivity index (χ3n) is 3.46. The van der Waals surface area contributed by atoms with E-state index in [1.165, 1.54) is 0 Å². The van der Waals surface area contributed by atoms with Crippen molar-refractivity contribution < 1.29 is 27.9 Å². The lowest BCUT2D eigenvalue weighted by Crippen LogP contribution is -2.40. The molecule has 1 rings (SSSR count). The minimum Gasteiger partial charge on any atom is -0.481 e. The number of rotatable bonds is 6. The predicted molar refractivity (Wildman–Crippen MR) is 69.7 cm³/mol. The molecule has 0 unspecified atom stereocenters. The Hall–Kier alpha value is -1.73. The Balaban J connectivity index is 2.51. The van der Waals surface area contributed by atoms with Crippen molar-refractivity contribution in [1.29, 1.82) is 0 Å². The minimum absolute atomic E-state index is 0.345. The summed E-state index contributed by atoms with van der Waals surface area (Å²) in [6.45, 7) is 2.87. The first-order valence-electron chi connectivity index (χ1n) is 6.70. The Morgan fingerprint density at radius 3 is 2.48 bits per heavy atom. The first-order valence-corrected chi connectivity index (χ1v) is 6.70. The van der Waals surface area contributed by atoms with Crippen LogP contribution in [0.4, 0.5) is 18.0 Å². The number of likely N-dealkylation sites (tertiary alicyclic amines) is 1. The van der Waals surface area contributed by atoms with Crippen molar-refractivity contribution in [3.63, 3.8) is 0 Å². The van der Waals surface area contributed by atoms with Crippen molar-refractivity contribution in [3.05, 3.63) is 12.7 Å². The monoisotopic (exact) mass is 308 g/mol. The maximum Gasteiger partial charge on any atom is 0.394 e. The van der Waals surface area contributed by atoms with E-state index in [4.69, 9.17) is 5.11 Å². The summed E-state index contributed by atoms with van der Waals surface area (Å²) in [6.07, 6.45) is -0.560. The third kappa shape index (κ3) is 4.95. The van der Waals surface area contributed by atoms with Gasteiger partial charge in [0.25, 0.3) is 0 Å². The lowest BCUT2D eigenvalue weighted by atomic mass is 9.96. The zero-order valence-electron chi connectivity index (χ0n) is 11.5. The molecule has 2 atom stereocenters. The minimum atomic E-state index is -4.62. The maximum absolute atomic E-state index is 12.8. The second-order valence-corrected chi connectivity index (χ2v) is 5.01.